The zero-order valence-corrected chi connectivity index (χ0v) is 13.6. The highest BCUT2D eigenvalue weighted by Gasteiger charge is 2.52. The second-order valence-corrected chi connectivity index (χ2v) is 6.94. The Morgan fingerprint density at radius 3 is 2.33 bits per heavy atom. The van der Waals surface area contributed by atoms with Crippen molar-refractivity contribution in [3.63, 3.8) is 0 Å². The maximum atomic E-state index is 6.06. The lowest BCUT2D eigenvalue weighted by Gasteiger charge is -2.32. The molecule has 0 amide bonds. The highest BCUT2D eigenvalue weighted by Crippen LogP contribution is 2.36. The predicted molar refractivity (Wildman–Crippen MR) is 83.0 cm³/mol. The van der Waals surface area contributed by atoms with Crippen molar-refractivity contribution in [1.29, 1.82) is 0 Å². The molecule has 0 bridgehead atoms. The first-order valence-electron chi connectivity index (χ1n) is 7.84. The average Bonchev–Trinajstić information content (AvgIpc) is 3.17. The van der Waals surface area contributed by atoms with Crippen LogP contribution in [0.25, 0.3) is 0 Å². The molecule has 1 saturated carbocycles. The molecule has 3 rings (SSSR count). The van der Waals surface area contributed by atoms with Crippen LogP contribution in [0.15, 0.2) is 12.1 Å². The van der Waals surface area contributed by atoms with Gasteiger partial charge in [0.25, 0.3) is 0 Å². The molecule has 2 aliphatic rings. The third-order valence-corrected chi connectivity index (χ3v) is 4.60. The normalized spacial score (nSPS) is 23.4. The third kappa shape index (κ3) is 2.81. The highest BCUT2D eigenvalue weighted by molar-refractivity contribution is 6.61. The van der Waals surface area contributed by atoms with E-state index in [-0.39, 0.29) is 11.2 Å². The summed E-state index contributed by atoms with van der Waals surface area (Å²) in [6.45, 7) is 10.3. The molecular weight excluding hydrogens is 265 g/mol. The van der Waals surface area contributed by atoms with Gasteiger partial charge >= 0.3 is 7.12 Å². The minimum atomic E-state index is -0.407. The number of hydrogen-bond donors (Lipinski definition) is 0. The Morgan fingerprint density at radius 1 is 1.19 bits per heavy atom. The SMILES string of the molecule is CCc1nc(B2OC(C)(C)C(C)(C)O2)ccc1OC1CC1. The van der Waals surface area contributed by atoms with E-state index in [1.165, 1.54) is 0 Å². The molecule has 1 saturated heterocycles. The molecule has 1 aromatic rings. The molecule has 2 heterocycles. The monoisotopic (exact) mass is 289 g/mol. The van der Waals surface area contributed by atoms with Crippen molar-refractivity contribution in [3.8, 4) is 5.75 Å². The van der Waals surface area contributed by atoms with E-state index in [0.29, 0.717) is 6.10 Å². The lowest BCUT2D eigenvalue weighted by atomic mass is 9.84. The summed E-state index contributed by atoms with van der Waals surface area (Å²) in [5, 5.41) is 0. The Kier molecular flexibility index (Phi) is 3.53. The largest absolute Gasteiger partial charge is 0.514 e. The van der Waals surface area contributed by atoms with Gasteiger partial charge in [0.1, 0.15) is 5.75 Å². The number of rotatable bonds is 4. The zero-order valence-electron chi connectivity index (χ0n) is 13.6. The molecule has 1 aliphatic carbocycles. The van der Waals surface area contributed by atoms with E-state index in [4.69, 9.17) is 19.0 Å². The van der Waals surface area contributed by atoms with Gasteiger partial charge in [-0.1, -0.05) is 6.92 Å². The van der Waals surface area contributed by atoms with Crippen molar-refractivity contribution in [1.82, 2.24) is 4.98 Å². The first-order chi connectivity index (χ1) is 9.82. The summed E-state index contributed by atoms with van der Waals surface area (Å²) in [5.41, 5.74) is 1.13. The van der Waals surface area contributed by atoms with Gasteiger partial charge in [0.2, 0.25) is 0 Å². The number of aryl methyl sites for hydroxylation is 1. The summed E-state index contributed by atoms with van der Waals surface area (Å²) in [4.78, 5) is 4.71. The minimum Gasteiger partial charge on any atom is -0.489 e. The Balaban J connectivity index is 1.83. The van der Waals surface area contributed by atoms with E-state index >= 15 is 0 Å². The van der Waals surface area contributed by atoms with E-state index in [1.54, 1.807) is 0 Å². The summed E-state index contributed by atoms with van der Waals surface area (Å²) < 4.78 is 18.0. The number of aromatic nitrogens is 1. The number of hydrogen-bond acceptors (Lipinski definition) is 4. The Hall–Kier alpha value is -1.07. The molecule has 21 heavy (non-hydrogen) atoms. The summed E-state index contributed by atoms with van der Waals surface area (Å²) in [6.07, 6.45) is 3.54. The average molecular weight is 289 g/mol. The quantitative estimate of drug-likeness (QED) is 0.798. The van der Waals surface area contributed by atoms with Crippen molar-refractivity contribution in [2.24, 2.45) is 0 Å². The minimum absolute atomic E-state index is 0.338. The summed E-state index contributed by atoms with van der Waals surface area (Å²) in [6, 6.07) is 3.96. The van der Waals surface area contributed by atoms with Gasteiger partial charge in [-0.15, -0.1) is 0 Å². The molecule has 0 N–H and O–H groups in total. The van der Waals surface area contributed by atoms with E-state index in [0.717, 1.165) is 36.3 Å². The first-order valence-corrected chi connectivity index (χ1v) is 7.84. The molecule has 1 aliphatic heterocycles. The fourth-order valence-corrected chi connectivity index (χ4v) is 2.33. The molecule has 1 aromatic heterocycles. The van der Waals surface area contributed by atoms with Crippen LogP contribution in [-0.2, 0) is 15.7 Å². The number of pyridine rings is 1. The standard InChI is InChI=1S/C16H24BNO3/c1-6-12-13(19-11-7-8-11)9-10-14(18-12)17-20-15(2,3)16(4,5)21-17/h9-11H,6-8H2,1-5H3. The van der Waals surface area contributed by atoms with Crippen molar-refractivity contribution in [2.75, 3.05) is 0 Å². The van der Waals surface area contributed by atoms with Crippen LogP contribution in [0.2, 0.25) is 0 Å². The molecular formula is C16H24BNO3. The molecule has 0 aromatic carbocycles. The fourth-order valence-electron chi connectivity index (χ4n) is 2.33. The van der Waals surface area contributed by atoms with Gasteiger partial charge in [-0.05, 0) is 59.1 Å². The molecule has 5 heteroatoms. The van der Waals surface area contributed by atoms with Crippen molar-refractivity contribution in [2.45, 2.75) is 71.2 Å². The Labute approximate surface area is 127 Å². The highest BCUT2D eigenvalue weighted by atomic mass is 16.7. The Morgan fingerprint density at radius 2 is 1.81 bits per heavy atom. The van der Waals surface area contributed by atoms with Crippen LogP contribution in [-0.4, -0.2) is 29.4 Å². The summed E-state index contributed by atoms with van der Waals surface area (Å²) >= 11 is 0. The molecule has 0 atom stereocenters. The van der Waals surface area contributed by atoms with Gasteiger partial charge in [-0.3, -0.25) is 4.98 Å². The molecule has 0 spiro atoms. The van der Waals surface area contributed by atoms with Crippen LogP contribution in [0.3, 0.4) is 0 Å². The predicted octanol–water partition coefficient (Wildman–Crippen LogP) is 2.48. The van der Waals surface area contributed by atoms with Crippen molar-refractivity contribution in [3.05, 3.63) is 17.8 Å². The third-order valence-electron chi connectivity index (χ3n) is 4.60. The van der Waals surface area contributed by atoms with Gasteiger partial charge in [0, 0.05) is 0 Å². The van der Waals surface area contributed by atoms with E-state index in [2.05, 4.69) is 34.6 Å². The van der Waals surface area contributed by atoms with Crippen LogP contribution >= 0.6 is 0 Å². The van der Waals surface area contributed by atoms with Crippen molar-refractivity contribution >= 4 is 12.7 Å². The summed E-state index contributed by atoms with van der Waals surface area (Å²) in [7, 11) is -0.407. The smallest absolute Gasteiger partial charge is 0.489 e. The van der Waals surface area contributed by atoms with E-state index < -0.39 is 7.12 Å². The van der Waals surface area contributed by atoms with Crippen molar-refractivity contribution < 1.29 is 14.0 Å². The van der Waals surface area contributed by atoms with Gasteiger partial charge in [0.15, 0.2) is 0 Å². The van der Waals surface area contributed by atoms with E-state index in [1.807, 2.05) is 12.1 Å². The molecule has 2 fully saturated rings. The van der Waals surface area contributed by atoms with Crippen LogP contribution in [0.5, 0.6) is 5.75 Å². The molecule has 0 radical (unpaired) electrons. The van der Waals surface area contributed by atoms with Crippen LogP contribution < -0.4 is 10.3 Å². The maximum Gasteiger partial charge on any atom is 0.514 e. The number of nitrogens with zero attached hydrogens (tertiary/aromatic N) is 1. The van der Waals surface area contributed by atoms with Gasteiger partial charge in [-0.25, -0.2) is 0 Å². The van der Waals surface area contributed by atoms with Crippen LogP contribution in [0.4, 0.5) is 0 Å². The Bertz CT molecular complexity index is 524. The topological polar surface area (TPSA) is 40.6 Å². The van der Waals surface area contributed by atoms with Gasteiger partial charge in [-0.2, -0.15) is 0 Å². The van der Waals surface area contributed by atoms with E-state index in [9.17, 15) is 0 Å². The van der Waals surface area contributed by atoms with Gasteiger partial charge < -0.3 is 14.0 Å². The van der Waals surface area contributed by atoms with Gasteiger partial charge in [0.05, 0.1) is 28.6 Å². The second kappa shape index (κ2) is 4.99. The maximum absolute atomic E-state index is 6.06. The first kappa shape index (κ1) is 14.9. The number of ether oxygens (including phenoxy) is 1. The lowest BCUT2D eigenvalue weighted by Crippen LogP contribution is -2.41. The zero-order chi connectivity index (χ0) is 15.3. The van der Waals surface area contributed by atoms with Crippen LogP contribution in [0, 0.1) is 0 Å². The fraction of sp³-hybridized carbons (Fsp3) is 0.688. The summed E-state index contributed by atoms with van der Waals surface area (Å²) in [5.74, 6) is 0.903. The molecule has 114 valence electrons. The second-order valence-electron chi connectivity index (χ2n) is 6.94. The molecule has 4 nitrogen and oxygen atoms in total. The van der Waals surface area contributed by atoms with Crippen LogP contribution in [0.1, 0.15) is 53.2 Å². The lowest BCUT2D eigenvalue weighted by molar-refractivity contribution is 0.00578. The molecule has 0 unspecified atom stereocenters.